The Hall–Kier alpha value is -1.67. The summed E-state index contributed by atoms with van der Waals surface area (Å²) in [5.41, 5.74) is 4.36. The third-order valence-corrected chi connectivity index (χ3v) is 8.36. The molecule has 2 aromatic carbocycles. The summed E-state index contributed by atoms with van der Waals surface area (Å²) in [5.74, 6) is 2.03. The van der Waals surface area contributed by atoms with Gasteiger partial charge in [-0.25, -0.2) is 4.39 Å². The Kier molecular flexibility index (Phi) is 8.41. The van der Waals surface area contributed by atoms with E-state index >= 15 is 4.39 Å². The maximum absolute atomic E-state index is 15.1. The lowest BCUT2D eigenvalue weighted by atomic mass is 9.77. The quantitative estimate of drug-likeness (QED) is 0.409. The summed E-state index contributed by atoms with van der Waals surface area (Å²) in [6.07, 6.45) is 15.5. The summed E-state index contributed by atoms with van der Waals surface area (Å²) in [7, 11) is 2.07. The number of halogens is 1. The van der Waals surface area contributed by atoms with Crippen LogP contribution in [-0.2, 0) is 0 Å². The fraction of sp³-hybridized carbons (Fsp3) is 0.600. The van der Waals surface area contributed by atoms with Gasteiger partial charge in [0.05, 0.1) is 0 Å². The summed E-state index contributed by atoms with van der Waals surface area (Å²) < 4.78 is 15.1. The van der Waals surface area contributed by atoms with Crippen molar-refractivity contribution in [3.63, 3.8) is 0 Å². The van der Waals surface area contributed by atoms with Crippen molar-refractivity contribution in [3.8, 4) is 11.1 Å². The average molecular weight is 436 g/mol. The standard InChI is InChI=1S/C30H42FN/c1-3-4-5-6-22-7-9-25(10-8-22)27-17-20-29(30(31)21-27)26-13-11-23(12-14-26)24-15-18-28(32-2)19-16-24/h11-14,17,20-22,24-25,28,32H,3-10,15-16,18-19H2,1-2H3. The molecule has 0 saturated heterocycles. The van der Waals surface area contributed by atoms with Crippen LogP contribution in [0.3, 0.4) is 0 Å². The second-order valence-electron chi connectivity index (χ2n) is 10.4. The molecule has 0 spiro atoms. The van der Waals surface area contributed by atoms with E-state index in [0.29, 0.717) is 17.9 Å². The maximum atomic E-state index is 15.1. The maximum Gasteiger partial charge on any atom is 0.131 e. The lowest BCUT2D eigenvalue weighted by Gasteiger charge is -2.29. The van der Waals surface area contributed by atoms with Gasteiger partial charge in [-0.15, -0.1) is 0 Å². The van der Waals surface area contributed by atoms with Crippen molar-refractivity contribution in [1.29, 1.82) is 0 Å². The molecule has 0 heterocycles. The van der Waals surface area contributed by atoms with Crippen molar-refractivity contribution in [2.75, 3.05) is 7.05 Å². The largest absolute Gasteiger partial charge is 0.317 e. The van der Waals surface area contributed by atoms with Crippen molar-refractivity contribution in [3.05, 3.63) is 59.4 Å². The molecule has 0 aromatic heterocycles. The minimum atomic E-state index is -0.0603. The van der Waals surface area contributed by atoms with E-state index in [2.05, 4.69) is 49.6 Å². The average Bonchev–Trinajstić information content (AvgIpc) is 2.85. The Morgan fingerprint density at radius 1 is 0.781 bits per heavy atom. The first-order valence-electron chi connectivity index (χ1n) is 13.2. The molecule has 0 radical (unpaired) electrons. The molecule has 32 heavy (non-hydrogen) atoms. The van der Waals surface area contributed by atoms with Crippen LogP contribution < -0.4 is 5.32 Å². The highest BCUT2D eigenvalue weighted by Gasteiger charge is 2.23. The van der Waals surface area contributed by atoms with Crippen LogP contribution in [0.1, 0.15) is 107 Å². The van der Waals surface area contributed by atoms with Crippen LogP contribution in [0.5, 0.6) is 0 Å². The fourth-order valence-electron chi connectivity index (χ4n) is 6.14. The summed E-state index contributed by atoms with van der Waals surface area (Å²) in [5, 5.41) is 3.41. The van der Waals surface area contributed by atoms with Crippen molar-refractivity contribution in [1.82, 2.24) is 5.32 Å². The molecule has 4 rings (SSSR count). The van der Waals surface area contributed by atoms with E-state index in [1.165, 1.54) is 88.2 Å². The third kappa shape index (κ3) is 5.81. The highest BCUT2D eigenvalue weighted by Crippen LogP contribution is 2.39. The monoisotopic (exact) mass is 435 g/mol. The van der Waals surface area contributed by atoms with Crippen molar-refractivity contribution in [2.45, 2.75) is 102 Å². The van der Waals surface area contributed by atoms with Gasteiger partial charge in [-0.2, -0.15) is 0 Å². The van der Waals surface area contributed by atoms with Crippen LogP contribution in [0.4, 0.5) is 4.39 Å². The number of rotatable bonds is 8. The van der Waals surface area contributed by atoms with Gasteiger partial charge in [0.15, 0.2) is 0 Å². The second-order valence-corrected chi connectivity index (χ2v) is 10.4. The minimum absolute atomic E-state index is 0.0603. The summed E-state index contributed by atoms with van der Waals surface area (Å²) in [4.78, 5) is 0. The van der Waals surface area contributed by atoms with E-state index in [1.807, 2.05) is 12.1 Å². The highest BCUT2D eigenvalue weighted by molar-refractivity contribution is 5.65. The zero-order chi connectivity index (χ0) is 22.3. The molecule has 2 saturated carbocycles. The molecule has 2 aliphatic rings. The fourth-order valence-corrected chi connectivity index (χ4v) is 6.14. The van der Waals surface area contributed by atoms with Gasteiger partial charge in [0.2, 0.25) is 0 Å². The van der Waals surface area contributed by atoms with Gasteiger partial charge in [0, 0.05) is 11.6 Å². The van der Waals surface area contributed by atoms with Crippen LogP contribution >= 0.6 is 0 Å². The van der Waals surface area contributed by atoms with Gasteiger partial charge in [0.1, 0.15) is 5.82 Å². The van der Waals surface area contributed by atoms with Gasteiger partial charge < -0.3 is 5.32 Å². The molecule has 1 N–H and O–H groups in total. The molecule has 2 aromatic rings. The van der Waals surface area contributed by atoms with E-state index in [4.69, 9.17) is 0 Å². The van der Waals surface area contributed by atoms with Crippen LogP contribution in [0.25, 0.3) is 11.1 Å². The number of nitrogens with one attached hydrogen (secondary N) is 1. The molecule has 0 atom stereocenters. The zero-order valence-electron chi connectivity index (χ0n) is 20.2. The molecule has 2 fully saturated rings. The third-order valence-electron chi connectivity index (χ3n) is 8.36. The molecule has 0 bridgehead atoms. The zero-order valence-corrected chi connectivity index (χ0v) is 20.2. The molecule has 2 heteroatoms. The number of benzene rings is 2. The van der Waals surface area contributed by atoms with E-state index in [1.54, 1.807) is 0 Å². The normalized spacial score (nSPS) is 26.2. The Labute approximate surface area is 195 Å². The summed E-state index contributed by atoms with van der Waals surface area (Å²) in [6, 6.07) is 15.4. The predicted molar refractivity (Wildman–Crippen MR) is 135 cm³/mol. The Bertz CT molecular complexity index is 826. The molecular weight excluding hydrogens is 393 g/mol. The molecule has 1 nitrogen and oxygen atoms in total. The number of hydrogen-bond donors (Lipinski definition) is 1. The molecule has 0 unspecified atom stereocenters. The molecule has 0 aliphatic heterocycles. The number of unbranched alkanes of at least 4 members (excludes halogenated alkanes) is 2. The number of hydrogen-bond acceptors (Lipinski definition) is 1. The Morgan fingerprint density at radius 2 is 1.41 bits per heavy atom. The van der Waals surface area contributed by atoms with Crippen molar-refractivity contribution in [2.24, 2.45) is 5.92 Å². The lowest BCUT2D eigenvalue weighted by Crippen LogP contribution is -2.29. The molecule has 2 aliphatic carbocycles. The first kappa shape index (κ1) is 23.5. The van der Waals surface area contributed by atoms with Crippen molar-refractivity contribution >= 4 is 0 Å². The van der Waals surface area contributed by atoms with Gasteiger partial charge in [-0.05, 0) is 98.9 Å². The van der Waals surface area contributed by atoms with Gasteiger partial charge >= 0.3 is 0 Å². The van der Waals surface area contributed by atoms with E-state index in [-0.39, 0.29) is 5.82 Å². The van der Waals surface area contributed by atoms with Crippen molar-refractivity contribution < 1.29 is 4.39 Å². The topological polar surface area (TPSA) is 12.0 Å². The first-order valence-corrected chi connectivity index (χ1v) is 13.2. The SMILES string of the molecule is CCCCCC1CCC(c2ccc(-c3ccc(C4CCC(NC)CC4)cc3)c(F)c2)CC1. The predicted octanol–water partition coefficient (Wildman–Crippen LogP) is 8.59. The highest BCUT2D eigenvalue weighted by atomic mass is 19.1. The van der Waals surface area contributed by atoms with E-state index in [0.717, 1.165) is 17.0 Å². The lowest BCUT2D eigenvalue weighted by molar-refractivity contribution is 0.302. The Morgan fingerprint density at radius 3 is 2.03 bits per heavy atom. The van der Waals surface area contributed by atoms with Gasteiger partial charge in [0.25, 0.3) is 0 Å². The molecule has 174 valence electrons. The minimum Gasteiger partial charge on any atom is -0.317 e. The van der Waals surface area contributed by atoms with Crippen LogP contribution in [0.15, 0.2) is 42.5 Å². The summed E-state index contributed by atoms with van der Waals surface area (Å²) in [6.45, 7) is 2.28. The second kappa shape index (κ2) is 11.5. The van der Waals surface area contributed by atoms with Crippen LogP contribution in [0, 0.1) is 11.7 Å². The first-order chi connectivity index (χ1) is 15.7. The van der Waals surface area contributed by atoms with E-state index < -0.39 is 0 Å². The van der Waals surface area contributed by atoms with Gasteiger partial charge in [-0.1, -0.05) is 69.0 Å². The van der Waals surface area contributed by atoms with E-state index in [9.17, 15) is 0 Å². The van der Waals surface area contributed by atoms with Gasteiger partial charge in [-0.3, -0.25) is 0 Å². The van der Waals surface area contributed by atoms with Crippen LogP contribution in [0.2, 0.25) is 0 Å². The molecular formula is C30H42FN. The summed E-state index contributed by atoms with van der Waals surface area (Å²) >= 11 is 0. The molecule has 0 amide bonds. The smallest absolute Gasteiger partial charge is 0.131 e. The Balaban J connectivity index is 1.35. The van der Waals surface area contributed by atoms with Crippen LogP contribution in [-0.4, -0.2) is 13.1 Å².